The van der Waals surface area contributed by atoms with Crippen molar-refractivity contribution in [1.29, 1.82) is 0 Å². The molecule has 1 aliphatic heterocycles. The number of benzene rings is 2. The van der Waals surface area contributed by atoms with Gasteiger partial charge >= 0.3 is 0 Å². The van der Waals surface area contributed by atoms with Crippen molar-refractivity contribution in [3.63, 3.8) is 0 Å². The predicted octanol–water partition coefficient (Wildman–Crippen LogP) is 4.32. The summed E-state index contributed by atoms with van der Waals surface area (Å²) in [7, 11) is 0. The lowest BCUT2D eigenvalue weighted by Crippen LogP contribution is -2.42. The molecule has 0 radical (unpaired) electrons. The first-order chi connectivity index (χ1) is 12.2. The molecule has 0 amide bonds. The molecule has 5 rings (SSSR count). The monoisotopic (exact) mass is 353 g/mol. The van der Waals surface area contributed by atoms with E-state index in [9.17, 15) is 4.79 Å². The van der Waals surface area contributed by atoms with Crippen LogP contribution in [0.25, 0.3) is 0 Å². The van der Waals surface area contributed by atoms with Crippen molar-refractivity contribution in [3.05, 3.63) is 66.2 Å². The average Bonchev–Trinajstić information content (AvgIpc) is 3.32. The van der Waals surface area contributed by atoms with Crippen LogP contribution in [0.4, 0.5) is 5.69 Å². The maximum atomic E-state index is 13.4. The van der Waals surface area contributed by atoms with Crippen molar-refractivity contribution >= 4 is 23.1 Å². The molecule has 2 saturated carbocycles. The van der Waals surface area contributed by atoms with Gasteiger partial charge in [0.2, 0.25) is 0 Å². The van der Waals surface area contributed by atoms with Crippen LogP contribution in [0, 0.1) is 17.8 Å². The molecule has 3 nitrogen and oxygen atoms in total. The Hall–Kier alpha value is -1.84. The first-order valence-electron chi connectivity index (χ1n) is 8.98. The normalized spacial score (nSPS) is 35.8. The number of hydroxylamine groups is 1. The molecule has 0 spiro atoms. The van der Waals surface area contributed by atoms with E-state index in [0.717, 1.165) is 24.1 Å². The topological polar surface area (TPSA) is 29.5 Å². The molecule has 0 aromatic heterocycles. The number of hydrogen-bond acceptors (Lipinski definition) is 3. The summed E-state index contributed by atoms with van der Waals surface area (Å²) in [6.07, 6.45) is 2.14. The largest absolute Gasteiger partial charge is 0.292 e. The summed E-state index contributed by atoms with van der Waals surface area (Å²) in [5, 5.41) is 2.04. The number of halogens is 1. The number of alkyl halides is 1. The van der Waals surface area contributed by atoms with Gasteiger partial charge in [0.25, 0.3) is 0 Å². The van der Waals surface area contributed by atoms with Gasteiger partial charge in [-0.15, -0.1) is 11.6 Å². The van der Waals surface area contributed by atoms with E-state index in [1.807, 2.05) is 65.7 Å². The maximum Gasteiger partial charge on any atom is 0.188 e. The number of Topliss-reactive ketones (excluding diaryl/α,β-unsaturated/α-hetero) is 1. The zero-order valence-corrected chi connectivity index (χ0v) is 14.5. The minimum absolute atomic E-state index is 0.0547. The van der Waals surface area contributed by atoms with Crippen LogP contribution in [0.15, 0.2) is 60.7 Å². The van der Waals surface area contributed by atoms with E-state index in [1.165, 1.54) is 0 Å². The molecule has 2 aromatic rings. The smallest absolute Gasteiger partial charge is 0.188 e. The average molecular weight is 354 g/mol. The minimum Gasteiger partial charge on any atom is -0.292 e. The number of para-hydroxylation sites is 1. The van der Waals surface area contributed by atoms with E-state index in [4.69, 9.17) is 16.4 Å². The molecule has 6 unspecified atom stereocenters. The zero-order valence-electron chi connectivity index (χ0n) is 13.8. The van der Waals surface area contributed by atoms with Gasteiger partial charge in [-0.3, -0.25) is 9.63 Å². The lowest BCUT2D eigenvalue weighted by molar-refractivity contribution is 0.0371. The quantitative estimate of drug-likeness (QED) is 0.608. The Balaban J connectivity index is 1.56. The summed E-state index contributed by atoms with van der Waals surface area (Å²) in [6.45, 7) is 0. The Morgan fingerprint density at radius 1 is 1.00 bits per heavy atom. The molecule has 1 heterocycles. The highest BCUT2D eigenvalue weighted by molar-refractivity contribution is 6.21. The third-order valence-corrected chi connectivity index (χ3v) is 6.61. The molecular formula is C21H20ClNO2. The van der Waals surface area contributed by atoms with Crippen LogP contribution >= 0.6 is 11.6 Å². The second-order valence-corrected chi connectivity index (χ2v) is 7.96. The highest BCUT2D eigenvalue weighted by Crippen LogP contribution is 2.57. The zero-order chi connectivity index (χ0) is 17.0. The fourth-order valence-electron chi connectivity index (χ4n) is 5.06. The molecule has 25 heavy (non-hydrogen) atoms. The number of rotatable bonds is 3. The Bertz CT molecular complexity index is 781. The third-order valence-electron chi connectivity index (χ3n) is 6.10. The van der Waals surface area contributed by atoms with Crippen LogP contribution < -0.4 is 5.06 Å². The summed E-state index contributed by atoms with van der Waals surface area (Å²) >= 11 is 6.53. The summed E-state index contributed by atoms with van der Waals surface area (Å²) < 4.78 is 0. The van der Waals surface area contributed by atoms with Crippen molar-refractivity contribution in [1.82, 2.24) is 0 Å². The highest BCUT2D eigenvalue weighted by Gasteiger charge is 2.62. The summed E-state index contributed by atoms with van der Waals surface area (Å²) in [6, 6.07) is 19.3. The summed E-state index contributed by atoms with van der Waals surface area (Å²) in [5.41, 5.74) is 1.69. The lowest BCUT2D eigenvalue weighted by Gasteiger charge is -2.28. The standard InChI is InChI=1S/C21H20ClNO2/c22-17-12-14-11-16(17)21-18(14)19(20(24)13-7-3-1-4-8-13)23(25-21)15-9-5-2-6-10-15/h1-10,14,16-19,21H,11-12H2. The summed E-state index contributed by atoms with van der Waals surface area (Å²) in [4.78, 5) is 19.7. The molecule has 0 N–H and O–H groups in total. The van der Waals surface area contributed by atoms with Gasteiger partial charge in [0.1, 0.15) is 6.04 Å². The molecular weight excluding hydrogens is 334 g/mol. The van der Waals surface area contributed by atoms with Gasteiger partial charge in [0.05, 0.1) is 11.8 Å². The van der Waals surface area contributed by atoms with Crippen molar-refractivity contribution in [3.8, 4) is 0 Å². The van der Waals surface area contributed by atoms with Gasteiger partial charge in [-0.05, 0) is 30.9 Å². The minimum atomic E-state index is -0.269. The molecule has 1 saturated heterocycles. The third kappa shape index (κ3) is 2.33. The fraction of sp³-hybridized carbons (Fsp3) is 0.381. The number of nitrogens with zero attached hydrogens (tertiary/aromatic N) is 1. The van der Waals surface area contributed by atoms with Crippen molar-refractivity contribution < 1.29 is 9.63 Å². The Morgan fingerprint density at radius 3 is 2.40 bits per heavy atom. The number of anilines is 1. The van der Waals surface area contributed by atoms with Crippen LogP contribution in [0.5, 0.6) is 0 Å². The lowest BCUT2D eigenvalue weighted by atomic mass is 9.79. The van der Waals surface area contributed by atoms with Crippen LogP contribution in [0.3, 0.4) is 0 Å². The van der Waals surface area contributed by atoms with Gasteiger partial charge < -0.3 is 0 Å². The van der Waals surface area contributed by atoms with E-state index < -0.39 is 0 Å². The SMILES string of the molecule is O=C(c1ccccc1)C1C2C3CC(Cl)C(C3)C2ON1c1ccccc1. The first kappa shape index (κ1) is 15.4. The van der Waals surface area contributed by atoms with Crippen LogP contribution in [0.1, 0.15) is 23.2 Å². The van der Waals surface area contributed by atoms with E-state index >= 15 is 0 Å². The molecule has 2 aromatic carbocycles. The molecule has 2 bridgehead atoms. The first-order valence-corrected chi connectivity index (χ1v) is 9.42. The van der Waals surface area contributed by atoms with Gasteiger partial charge in [-0.2, -0.15) is 0 Å². The second-order valence-electron chi connectivity index (χ2n) is 7.40. The van der Waals surface area contributed by atoms with Crippen molar-refractivity contribution in [2.24, 2.45) is 17.8 Å². The molecule has 6 atom stereocenters. The fourth-order valence-corrected chi connectivity index (χ4v) is 5.53. The van der Waals surface area contributed by atoms with Crippen molar-refractivity contribution in [2.75, 3.05) is 5.06 Å². The van der Waals surface area contributed by atoms with Gasteiger partial charge in [-0.25, -0.2) is 5.06 Å². The number of fused-ring (bicyclic) bond motifs is 5. The van der Waals surface area contributed by atoms with Gasteiger partial charge in [0.15, 0.2) is 5.78 Å². The Morgan fingerprint density at radius 2 is 1.68 bits per heavy atom. The molecule has 128 valence electrons. The predicted molar refractivity (Wildman–Crippen MR) is 97.7 cm³/mol. The second kappa shape index (κ2) is 5.86. The Kier molecular flexibility index (Phi) is 3.61. The number of carbonyl (C=O) groups is 1. The molecule has 3 aliphatic rings. The van der Waals surface area contributed by atoms with Crippen LogP contribution in [-0.2, 0) is 4.84 Å². The molecule has 4 heteroatoms. The number of ketones is 1. The number of carbonyl (C=O) groups excluding carboxylic acids is 1. The van der Waals surface area contributed by atoms with E-state index in [2.05, 4.69) is 0 Å². The molecule has 3 fully saturated rings. The van der Waals surface area contributed by atoms with Crippen LogP contribution in [-0.4, -0.2) is 23.3 Å². The van der Waals surface area contributed by atoms with Crippen molar-refractivity contribution in [2.45, 2.75) is 30.4 Å². The van der Waals surface area contributed by atoms with Gasteiger partial charge in [-0.1, -0.05) is 48.5 Å². The van der Waals surface area contributed by atoms with Gasteiger partial charge in [0, 0.05) is 22.8 Å². The highest BCUT2D eigenvalue weighted by atomic mass is 35.5. The summed E-state index contributed by atoms with van der Waals surface area (Å²) in [5.74, 6) is 1.21. The maximum absolute atomic E-state index is 13.4. The van der Waals surface area contributed by atoms with E-state index in [0.29, 0.717) is 11.8 Å². The molecule has 2 aliphatic carbocycles. The number of hydrogen-bond donors (Lipinski definition) is 0. The van der Waals surface area contributed by atoms with E-state index in [-0.39, 0.29) is 29.2 Å². The van der Waals surface area contributed by atoms with E-state index in [1.54, 1.807) is 0 Å². The van der Waals surface area contributed by atoms with Crippen LogP contribution in [0.2, 0.25) is 0 Å². The Labute approximate surface area is 152 Å².